The van der Waals surface area contributed by atoms with Crippen molar-refractivity contribution in [2.45, 2.75) is 38.5 Å². The summed E-state index contributed by atoms with van der Waals surface area (Å²) in [6, 6.07) is 26.2. The Hall–Kier alpha value is -3.62. The zero-order valence-corrected chi connectivity index (χ0v) is 23.8. The molecule has 0 saturated heterocycles. The molecule has 3 heteroatoms. The lowest BCUT2D eigenvalue weighted by atomic mass is 9.79. The van der Waals surface area contributed by atoms with Crippen LogP contribution in [-0.4, -0.2) is 24.4 Å². The van der Waals surface area contributed by atoms with Crippen molar-refractivity contribution in [1.29, 1.82) is 0 Å². The van der Waals surface area contributed by atoms with Crippen molar-refractivity contribution >= 4 is 50.2 Å². The first-order valence-electron chi connectivity index (χ1n) is 13.3. The van der Waals surface area contributed by atoms with Crippen LogP contribution < -0.4 is 4.90 Å². The maximum Gasteiger partial charge on any atom is 0.210 e. The third-order valence-electron chi connectivity index (χ3n) is 8.59. The molecule has 0 N–H and O–H groups in total. The van der Waals surface area contributed by atoms with Gasteiger partial charge in [0, 0.05) is 46.6 Å². The SMILES string of the molecule is CN1\C(=C/C=C(Cl)/C=C/C2=[N+](C)c3ccc4ccccc4c3C2(C)C)C(C)(C)c2c1ccc1ccccc21. The smallest absolute Gasteiger partial charge is 0.210 e. The minimum absolute atomic E-state index is 0.132. The number of benzene rings is 4. The number of hydrogen-bond acceptors (Lipinski definition) is 1. The third-order valence-corrected chi connectivity index (χ3v) is 8.84. The Balaban J connectivity index is 1.34. The summed E-state index contributed by atoms with van der Waals surface area (Å²) in [7, 11) is 4.30. The Morgan fingerprint density at radius 2 is 1.39 bits per heavy atom. The molecule has 2 nitrogen and oxygen atoms in total. The molecule has 38 heavy (non-hydrogen) atoms. The van der Waals surface area contributed by atoms with E-state index in [1.54, 1.807) is 0 Å². The standard InChI is InChI=1S/C35H34ClN2/c1-34(2)30(37(5)28-19-15-23-11-7-9-13-26(23)32(28)34)21-17-25(36)18-22-31-35(3,4)33-27-14-10-8-12-24(27)16-20-29(33)38(31)6/h7-22H,1-6H3/q+1. The number of rotatable bonds is 3. The second kappa shape index (κ2) is 8.71. The zero-order valence-electron chi connectivity index (χ0n) is 23.0. The number of likely N-dealkylation sites (N-methyl/N-ethyl adjacent to an activating group) is 1. The molecule has 4 aromatic carbocycles. The van der Waals surface area contributed by atoms with E-state index in [9.17, 15) is 0 Å². The zero-order chi connectivity index (χ0) is 26.8. The Morgan fingerprint density at radius 3 is 2.08 bits per heavy atom. The van der Waals surface area contributed by atoms with Gasteiger partial charge in [0.2, 0.25) is 5.69 Å². The summed E-state index contributed by atoms with van der Waals surface area (Å²) >= 11 is 6.81. The van der Waals surface area contributed by atoms with Crippen LogP contribution in [0.5, 0.6) is 0 Å². The largest absolute Gasteiger partial charge is 0.347 e. The molecular weight excluding hydrogens is 484 g/mol. The first kappa shape index (κ1) is 24.7. The Kier molecular flexibility index (Phi) is 5.66. The van der Waals surface area contributed by atoms with Gasteiger partial charge in [0.15, 0.2) is 5.71 Å². The minimum Gasteiger partial charge on any atom is -0.347 e. The van der Waals surface area contributed by atoms with E-state index in [1.807, 2.05) is 12.2 Å². The first-order valence-corrected chi connectivity index (χ1v) is 13.7. The van der Waals surface area contributed by atoms with Crippen LogP contribution in [0.3, 0.4) is 0 Å². The highest BCUT2D eigenvalue weighted by Gasteiger charge is 2.44. The van der Waals surface area contributed by atoms with Crippen LogP contribution >= 0.6 is 11.6 Å². The van der Waals surface area contributed by atoms with Gasteiger partial charge in [-0.05, 0) is 71.3 Å². The molecule has 0 fully saturated rings. The number of anilines is 1. The van der Waals surface area contributed by atoms with Crippen molar-refractivity contribution in [2.24, 2.45) is 0 Å². The molecule has 0 aromatic heterocycles. The molecule has 4 aromatic rings. The fourth-order valence-corrected chi connectivity index (χ4v) is 6.89. The van der Waals surface area contributed by atoms with E-state index >= 15 is 0 Å². The molecule has 0 spiro atoms. The fraction of sp³-hybridized carbons (Fsp3) is 0.229. The van der Waals surface area contributed by atoms with E-state index in [0.29, 0.717) is 5.03 Å². The topological polar surface area (TPSA) is 6.25 Å². The summed E-state index contributed by atoms with van der Waals surface area (Å²) in [5.74, 6) is 0. The lowest BCUT2D eigenvalue weighted by Gasteiger charge is -2.24. The quantitative estimate of drug-likeness (QED) is 0.194. The molecule has 0 bridgehead atoms. The van der Waals surface area contributed by atoms with Crippen LogP contribution in [0, 0.1) is 0 Å². The summed E-state index contributed by atoms with van der Waals surface area (Å²) in [5.41, 5.74) is 7.48. The molecule has 2 heterocycles. The molecule has 0 aliphatic carbocycles. The van der Waals surface area contributed by atoms with Crippen LogP contribution in [0.15, 0.2) is 108 Å². The van der Waals surface area contributed by atoms with Crippen LogP contribution in [0.4, 0.5) is 11.4 Å². The van der Waals surface area contributed by atoms with Gasteiger partial charge in [0.1, 0.15) is 7.05 Å². The van der Waals surface area contributed by atoms with E-state index in [-0.39, 0.29) is 10.8 Å². The van der Waals surface area contributed by atoms with Gasteiger partial charge in [-0.15, -0.1) is 0 Å². The fourth-order valence-electron chi connectivity index (χ4n) is 6.76. The third kappa shape index (κ3) is 3.58. The molecule has 2 aliphatic rings. The Bertz CT molecular complexity index is 1750. The molecule has 0 radical (unpaired) electrons. The summed E-state index contributed by atoms with van der Waals surface area (Å²) in [6.45, 7) is 9.22. The lowest BCUT2D eigenvalue weighted by Crippen LogP contribution is -2.26. The van der Waals surface area contributed by atoms with Crippen LogP contribution in [-0.2, 0) is 10.8 Å². The van der Waals surface area contributed by atoms with E-state index in [2.05, 4.69) is 136 Å². The highest BCUT2D eigenvalue weighted by molar-refractivity contribution is 6.31. The predicted molar refractivity (Wildman–Crippen MR) is 164 cm³/mol. The molecule has 2 aliphatic heterocycles. The van der Waals surface area contributed by atoms with Crippen molar-refractivity contribution in [3.63, 3.8) is 0 Å². The van der Waals surface area contributed by atoms with E-state index in [4.69, 9.17) is 11.6 Å². The van der Waals surface area contributed by atoms with Crippen molar-refractivity contribution in [3.05, 3.63) is 119 Å². The number of nitrogens with zero attached hydrogens (tertiary/aromatic N) is 2. The monoisotopic (exact) mass is 517 g/mol. The van der Waals surface area contributed by atoms with E-state index in [0.717, 1.165) is 0 Å². The average Bonchev–Trinajstić information content (AvgIpc) is 3.23. The van der Waals surface area contributed by atoms with Crippen LogP contribution in [0.25, 0.3) is 21.5 Å². The summed E-state index contributed by atoms with van der Waals surface area (Å²) in [4.78, 5) is 2.30. The molecule has 190 valence electrons. The number of hydrogen-bond donors (Lipinski definition) is 0. The van der Waals surface area contributed by atoms with Gasteiger partial charge in [-0.2, -0.15) is 4.58 Å². The maximum atomic E-state index is 6.81. The first-order chi connectivity index (χ1) is 18.1. The number of fused-ring (bicyclic) bond motifs is 6. The van der Waals surface area contributed by atoms with Gasteiger partial charge < -0.3 is 4.90 Å². The van der Waals surface area contributed by atoms with Crippen molar-refractivity contribution in [3.8, 4) is 0 Å². The lowest BCUT2D eigenvalue weighted by molar-refractivity contribution is -0.401. The van der Waals surface area contributed by atoms with Gasteiger partial charge >= 0.3 is 0 Å². The summed E-state index contributed by atoms with van der Waals surface area (Å²) in [5, 5.41) is 5.89. The number of allylic oxidation sites excluding steroid dienone is 6. The normalized spacial score (nSPS) is 19.3. The van der Waals surface area contributed by atoms with Crippen molar-refractivity contribution in [1.82, 2.24) is 0 Å². The van der Waals surface area contributed by atoms with Crippen LogP contribution in [0.1, 0.15) is 38.8 Å². The molecule has 0 saturated carbocycles. The van der Waals surface area contributed by atoms with Crippen LogP contribution in [0.2, 0.25) is 0 Å². The van der Waals surface area contributed by atoms with E-state index < -0.39 is 0 Å². The summed E-state index contributed by atoms with van der Waals surface area (Å²) in [6.07, 6.45) is 8.42. The van der Waals surface area contributed by atoms with Gasteiger partial charge in [0.05, 0.1) is 5.41 Å². The van der Waals surface area contributed by atoms with Gasteiger partial charge in [-0.1, -0.05) is 80.0 Å². The van der Waals surface area contributed by atoms with Gasteiger partial charge in [0.25, 0.3) is 0 Å². The predicted octanol–water partition coefficient (Wildman–Crippen LogP) is 8.99. The maximum absolute atomic E-state index is 6.81. The van der Waals surface area contributed by atoms with Gasteiger partial charge in [-0.3, -0.25) is 0 Å². The highest BCUT2D eigenvalue weighted by Crippen LogP contribution is 2.50. The molecule has 6 rings (SSSR count). The number of halogens is 1. The molecule has 0 amide bonds. The minimum atomic E-state index is -0.132. The highest BCUT2D eigenvalue weighted by atomic mass is 35.5. The molecular formula is C35H34ClN2+. The van der Waals surface area contributed by atoms with Gasteiger partial charge in [-0.25, -0.2) is 0 Å². The molecule has 0 atom stereocenters. The summed E-state index contributed by atoms with van der Waals surface area (Å²) < 4.78 is 2.30. The second-order valence-corrected chi connectivity index (χ2v) is 12.0. The Morgan fingerprint density at radius 1 is 0.789 bits per heavy atom. The molecule has 0 unspecified atom stereocenters. The Labute approximate surface area is 230 Å². The second-order valence-electron chi connectivity index (χ2n) is 11.6. The average molecular weight is 518 g/mol. The van der Waals surface area contributed by atoms with E-state index in [1.165, 1.54) is 55.5 Å². The van der Waals surface area contributed by atoms with Crippen molar-refractivity contribution in [2.75, 3.05) is 19.0 Å². The van der Waals surface area contributed by atoms with Crippen molar-refractivity contribution < 1.29 is 4.58 Å².